The lowest BCUT2D eigenvalue weighted by Gasteiger charge is -2.21. The molecule has 5 aromatic rings. The number of fused-ring (bicyclic) bond motifs is 6. The van der Waals surface area contributed by atoms with Crippen LogP contribution in [0.3, 0.4) is 0 Å². The zero-order chi connectivity index (χ0) is 37.8. The Morgan fingerprint density at radius 1 is 0.926 bits per heavy atom. The molecule has 0 saturated heterocycles. The summed E-state index contributed by atoms with van der Waals surface area (Å²) in [6.07, 6.45) is 3.62. The van der Waals surface area contributed by atoms with Crippen LogP contribution in [-0.4, -0.2) is 58.8 Å². The van der Waals surface area contributed by atoms with Crippen LogP contribution in [0.15, 0.2) is 102 Å². The molecule has 2 aliphatic heterocycles. The van der Waals surface area contributed by atoms with Crippen molar-refractivity contribution in [3.8, 4) is 5.75 Å². The van der Waals surface area contributed by atoms with Crippen molar-refractivity contribution in [1.82, 2.24) is 4.98 Å². The molecule has 7 rings (SSSR count). The van der Waals surface area contributed by atoms with Gasteiger partial charge in [0.2, 0.25) is 11.8 Å². The highest BCUT2D eigenvalue weighted by Crippen LogP contribution is 2.47. The second-order valence-corrected chi connectivity index (χ2v) is 16.5. The fourth-order valence-corrected chi connectivity index (χ4v) is 9.61. The lowest BCUT2D eigenvalue weighted by atomic mass is 9.94. The van der Waals surface area contributed by atoms with Crippen LogP contribution >= 0.6 is 44.8 Å². The normalized spacial score (nSPS) is 16.9. The number of anilines is 3. The zero-order valence-corrected chi connectivity index (χ0v) is 32.6. The molecule has 2 unspecified atom stereocenters. The standard InChI is InChI=1S/C41H38Cl2N4O5S2/c1-25(53-54-36-13-6-7-18-44-36)24-52-41(51)45-32-19-33-39(30-11-4-2-9-28(30)32)26(16-17-42)22-46(33)37(49)14-8-15-38(50)47-23-27(21-43)40-31-12-5-3-10-29(31)35(48)20-34(40)47/h2-7,9-13,16-20,25-27,48H,8,14-15,21-24H2,1H3,(H,45,51)/b17-16+/t25?,26?,27-/m1/s1. The van der Waals surface area contributed by atoms with E-state index < -0.39 is 6.09 Å². The summed E-state index contributed by atoms with van der Waals surface area (Å²) in [7, 11) is 3.09. The summed E-state index contributed by atoms with van der Waals surface area (Å²) in [5.41, 5.74) is 5.24. The summed E-state index contributed by atoms with van der Waals surface area (Å²) in [6, 6.07) is 24.5. The number of halogens is 2. The molecule has 2 aliphatic rings. The van der Waals surface area contributed by atoms with Crippen molar-refractivity contribution < 1.29 is 24.2 Å². The van der Waals surface area contributed by atoms with Crippen LogP contribution in [0, 0.1) is 0 Å². The second-order valence-electron chi connectivity index (χ2n) is 13.3. The summed E-state index contributed by atoms with van der Waals surface area (Å²) in [5.74, 6) is -0.0592. The Bertz CT molecular complexity index is 2240. The van der Waals surface area contributed by atoms with E-state index >= 15 is 0 Å². The molecular formula is C41H38Cl2N4O5S2. The Morgan fingerprint density at radius 3 is 2.26 bits per heavy atom. The Kier molecular flexibility index (Phi) is 11.9. The number of amides is 3. The molecule has 2 N–H and O–H groups in total. The molecule has 3 amide bonds. The molecule has 13 heteroatoms. The maximum Gasteiger partial charge on any atom is 0.411 e. The van der Waals surface area contributed by atoms with Crippen LogP contribution in [0.2, 0.25) is 0 Å². The van der Waals surface area contributed by atoms with Crippen molar-refractivity contribution >= 4 is 101 Å². The number of phenols is 1. The van der Waals surface area contributed by atoms with Gasteiger partial charge in [-0.05, 0) is 64.2 Å². The molecule has 3 atom stereocenters. The van der Waals surface area contributed by atoms with Gasteiger partial charge in [0.15, 0.2) is 0 Å². The second kappa shape index (κ2) is 16.9. The van der Waals surface area contributed by atoms with Crippen LogP contribution < -0.4 is 15.1 Å². The first kappa shape index (κ1) is 37.9. The van der Waals surface area contributed by atoms with E-state index in [2.05, 4.69) is 10.3 Å². The summed E-state index contributed by atoms with van der Waals surface area (Å²) >= 11 is 12.5. The predicted molar refractivity (Wildman–Crippen MR) is 221 cm³/mol. The SMILES string of the molecule is CC(COC(=O)Nc1cc2c(c3ccccc13)C(/C=C/Cl)CN2C(=O)CCCC(=O)N1C[C@@H](CCl)c2c1cc(O)c1ccccc21)SSc1ccccn1. The van der Waals surface area contributed by atoms with E-state index in [1.54, 1.807) is 32.9 Å². The third-order valence-electron chi connectivity index (χ3n) is 9.75. The van der Waals surface area contributed by atoms with E-state index in [-0.39, 0.29) is 54.1 Å². The Morgan fingerprint density at radius 2 is 1.57 bits per heavy atom. The van der Waals surface area contributed by atoms with E-state index in [1.807, 2.05) is 85.8 Å². The average molecular weight is 802 g/mol. The van der Waals surface area contributed by atoms with E-state index in [9.17, 15) is 19.5 Å². The van der Waals surface area contributed by atoms with Gasteiger partial charge in [0, 0.05) is 77.5 Å². The highest BCUT2D eigenvalue weighted by atomic mass is 35.5. The molecule has 3 heterocycles. The number of aromatic nitrogens is 1. The van der Waals surface area contributed by atoms with Crippen molar-refractivity contribution in [2.45, 2.75) is 48.3 Å². The third kappa shape index (κ3) is 7.86. The number of carbonyl (C=O) groups excluding carboxylic acids is 3. The Hall–Kier alpha value is -4.42. The van der Waals surface area contributed by atoms with Crippen LogP contribution in [0.25, 0.3) is 21.5 Å². The molecule has 54 heavy (non-hydrogen) atoms. The molecule has 9 nitrogen and oxygen atoms in total. The minimum Gasteiger partial charge on any atom is -0.507 e. The largest absolute Gasteiger partial charge is 0.507 e. The lowest BCUT2D eigenvalue weighted by Crippen LogP contribution is -2.31. The van der Waals surface area contributed by atoms with Crippen molar-refractivity contribution in [1.29, 1.82) is 0 Å². The summed E-state index contributed by atoms with van der Waals surface area (Å²) in [6.45, 7) is 2.96. The number of aromatic hydroxyl groups is 1. The van der Waals surface area contributed by atoms with Gasteiger partial charge in [0.25, 0.3) is 0 Å². The summed E-state index contributed by atoms with van der Waals surface area (Å²) < 4.78 is 5.61. The molecule has 0 radical (unpaired) electrons. The number of benzene rings is 4. The molecule has 278 valence electrons. The quantitative estimate of drug-likeness (QED) is 0.0948. The number of nitrogens with zero attached hydrogens (tertiary/aromatic N) is 3. The number of carbonyl (C=O) groups is 3. The molecule has 1 aromatic heterocycles. The molecule has 0 aliphatic carbocycles. The minimum absolute atomic E-state index is 0.0108. The summed E-state index contributed by atoms with van der Waals surface area (Å²) in [5, 5.41) is 17.9. The number of hydrogen-bond acceptors (Lipinski definition) is 8. The first-order chi connectivity index (χ1) is 26.3. The van der Waals surface area contributed by atoms with Gasteiger partial charge in [-0.2, -0.15) is 0 Å². The van der Waals surface area contributed by atoms with E-state index in [1.165, 1.54) is 16.3 Å². The van der Waals surface area contributed by atoms with E-state index in [4.69, 9.17) is 27.9 Å². The number of ether oxygens (including phenoxy) is 1. The Labute approximate surface area is 331 Å². The topological polar surface area (TPSA) is 112 Å². The number of nitrogens with one attached hydrogen (secondary N) is 1. The van der Waals surface area contributed by atoms with Crippen molar-refractivity contribution in [2.75, 3.05) is 40.7 Å². The fourth-order valence-electron chi connectivity index (χ4n) is 7.31. The zero-order valence-electron chi connectivity index (χ0n) is 29.4. The van der Waals surface area contributed by atoms with Gasteiger partial charge >= 0.3 is 6.09 Å². The predicted octanol–water partition coefficient (Wildman–Crippen LogP) is 10.2. The number of pyridine rings is 1. The van der Waals surface area contributed by atoms with Crippen molar-refractivity contribution in [3.63, 3.8) is 0 Å². The number of phenolic OH excluding ortho intramolecular Hbond substituents is 1. The smallest absolute Gasteiger partial charge is 0.411 e. The van der Waals surface area contributed by atoms with Gasteiger partial charge in [0.05, 0.1) is 17.1 Å². The molecule has 4 aromatic carbocycles. The van der Waals surface area contributed by atoms with Crippen molar-refractivity contribution in [3.05, 3.63) is 108 Å². The third-order valence-corrected chi connectivity index (χ3v) is 13.0. The van der Waals surface area contributed by atoms with Gasteiger partial charge in [-0.1, -0.05) is 83.1 Å². The van der Waals surface area contributed by atoms with Crippen molar-refractivity contribution in [2.24, 2.45) is 0 Å². The average Bonchev–Trinajstić information content (AvgIpc) is 3.75. The maximum atomic E-state index is 13.9. The van der Waals surface area contributed by atoms with Gasteiger partial charge in [-0.15, -0.1) is 11.6 Å². The first-order valence-electron chi connectivity index (χ1n) is 17.7. The monoisotopic (exact) mass is 800 g/mol. The van der Waals surface area contributed by atoms with Crippen LogP contribution in [0.1, 0.15) is 49.1 Å². The fraction of sp³-hybridized carbons (Fsp3) is 0.268. The van der Waals surface area contributed by atoms with Gasteiger partial charge < -0.3 is 19.6 Å². The molecule has 0 spiro atoms. The first-order valence-corrected chi connectivity index (χ1v) is 20.9. The number of rotatable bonds is 12. The minimum atomic E-state index is -0.594. The Balaban J connectivity index is 1.04. The van der Waals surface area contributed by atoms with Gasteiger partial charge in [-0.25, -0.2) is 9.78 Å². The van der Waals surface area contributed by atoms with Crippen LogP contribution in [0.5, 0.6) is 5.75 Å². The number of hydrogen-bond donors (Lipinski definition) is 2. The molecule has 0 fully saturated rings. The van der Waals surface area contributed by atoms with E-state index in [0.29, 0.717) is 42.5 Å². The molecular weight excluding hydrogens is 764 g/mol. The van der Waals surface area contributed by atoms with E-state index in [0.717, 1.165) is 37.7 Å². The molecule has 0 bridgehead atoms. The van der Waals surface area contributed by atoms with Gasteiger partial charge in [-0.3, -0.25) is 14.9 Å². The summed E-state index contributed by atoms with van der Waals surface area (Å²) in [4.78, 5) is 48.4. The highest BCUT2D eigenvalue weighted by Gasteiger charge is 2.36. The number of alkyl halides is 1. The lowest BCUT2D eigenvalue weighted by molar-refractivity contribution is -0.119. The van der Waals surface area contributed by atoms with Crippen LogP contribution in [0.4, 0.5) is 21.9 Å². The molecule has 0 saturated carbocycles. The van der Waals surface area contributed by atoms with Crippen LogP contribution in [-0.2, 0) is 14.3 Å². The van der Waals surface area contributed by atoms with Gasteiger partial charge in [0.1, 0.15) is 17.4 Å². The maximum absolute atomic E-state index is 13.9. The highest BCUT2D eigenvalue weighted by molar-refractivity contribution is 8.76.